The molecule has 5 aromatic rings. The minimum Gasteiger partial charge on any atom is -0.355 e. The molecule has 8 rings (SSSR count). The van der Waals surface area contributed by atoms with Crippen LogP contribution in [0.25, 0.3) is 68.6 Å². The molecule has 0 fully saturated rings. The molecule has 54 heavy (non-hydrogen) atoms. The minimum absolute atomic E-state index is 0.610. The van der Waals surface area contributed by atoms with E-state index in [0.29, 0.717) is 0 Å². The third-order valence-corrected chi connectivity index (χ3v) is 11.7. The summed E-state index contributed by atoms with van der Waals surface area (Å²) in [5.41, 5.74) is 15.7. The normalized spacial score (nSPS) is 15.6. The van der Waals surface area contributed by atoms with Crippen LogP contribution in [0, 0.1) is 0 Å². The number of unbranched alkanes of at least 4 members (excludes halogenated alkanes) is 4. The molecule has 2 N–H and O–H groups in total. The lowest BCUT2D eigenvalue weighted by Crippen LogP contribution is -2.41. The Balaban J connectivity index is 1.47. The first-order valence-electron chi connectivity index (χ1n) is 19.9. The number of nitrogens with zero attached hydrogens (tertiary/aromatic N) is 3. The van der Waals surface area contributed by atoms with Gasteiger partial charge in [0.1, 0.15) is 0 Å². The smallest absolute Gasteiger partial charge is 0.0737 e. The van der Waals surface area contributed by atoms with Crippen LogP contribution in [0.2, 0.25) is 0 Å². The summed E-state index contributed by atoms with van der Waals surface area (Å²) in [5, 5.41) is 14.9. The number of hydroxylamine groups is 2. The lowest BCUT2D eigenvalue weighted by atomic mass is 9.88. The predicted octanol–water partition coefficient (Wildman–Crippen LogP) is 12.6. The molecule has 0 saturated carbocycles. The van der Waals surface area contributed by atoms with E-state index in [1.54, 1.807) is 0 Å². The van der Waals surface area contributed by atoms with Crippen molar-refractivity contribution in [2.75, 3.05) is 0 Å². The van der Waals surface area contributed by atoms with Crippen molar-refractivity contribution >= 4 is 46.4 Å². The Morgan fingerprint density at radius 3 is 1.57 bits per heavy atom. The van der Waals surface area contributed by atoms with E-state index in [4.69, 9.17) is 9.97 Å². The molecule has 0 spiro atoms. The van der Waals surface area contributed by atoms with Crippen molar-refractivity contribution in [3.05, 3.63) is 118 Å². The molecule has 0 saturated heterocycles. The maximum Gasteiger partial charge on any atom is 0.0737 e. The Hall–Kier alpha value is -5.04. The zero-order valence-electron chi connectivity index (χ0n) is 32.6. The molecule has 275 valence electrons. The second kappa shape index (κ2) is 14.3. The van der Waals surface area contributed by atoms with Crippen molar-refractivity contribution < 1.29 is 5.21 Å². The number of H-pyrrole nitrogens is 2. The first kappa shape index (κ1) is 36.0. The Kier molecular flexibility index (Phi) is 9.53. The van der Waals surface area contributed by atoms with Crippen molar-refractivity contribution in [1.82, 2.24) is 25.0 Å². The van der Waals surface area contributed by atoms with E-state index in [1.165, 1.54) is 16.2 Å². The molecule has 0 aliphatic carbocycles. The molecule has 3 aliphatic heterocycles. The molecule has 2 aromatic carbocycles. The van der Waals surface area contributed by atoms with E-state index in [9.17, 15) is 5.21 Å². The first-order valence-corrected chi connectivity index (χ1v) is 19.9. The molecular weight excluding hydrogens is 663 g/mol. The number of hydrogen-bond donors (Lipinski definition) is 2. The second-order valence-corrected chi connectivity index (χ2v) is 16.2. The van der Waals surface area contributed by atoms with Gasteiger partial charge in [-0.05, 0) is 130 Å². The van der Waals surface area contributed by atoms with Gasteiger partial charge in [-0.3, -0.25) is 0 Å². The van der Waals surface area contributed by atoms with Crippen LogP contribution in [0.5, 0.6) is 0 Å². The Morgan fingerprint density at radius 2 is 1.04 bits per heavy atom. The average Bonchev–Trinajstić information content (AvgIpc) is 4.02. The maximum absolute atomic E-state index is 13.6. The van der Waals surface area contributed by atoms with Gasteiger partial charge in [0.25, 0.3) is 0 Å². The van der Waals surface area contributed by atoms with E-state index >= 15 is 0 Å². The SMILES string of the molecule is CCCCCc1c2nc(c(-c3ccccc3)c3nc(c(CCCCC)c4ccc([nH]4)c(-c4ccc5c(c4)C(C)(C)N([O])C5(C)C)c4ccc1[nH]4)C=C3)C=C2. The van der Waals surface area contributed by atoms with E-state index in [1.807, 2.05) is 27.7 Å². The van der Waals surface area contributed by atoms with Crippen LogP contribution in [0.1, 0.15) is 125 Å². The largest absolute Gasteiger partial charge is 0.355 e. The Labute approximate surface area is 319 Å². The van der Waals surface area contributed by atoms with Crippen molar-refractivity contribution in [1.29, 1.82) is 0 Å². The number of benzene rings is 2. The van der Waals surface area contributed by atoms with Gasteiger partial charge in [0.15, 0.2) is 0 Å². The maximum atomic E-state index is 13.6. The fourth-order valence-corrected chi connectivity index (χ4v) is 8.82. The molecule has 6 heteroatoms. The van der Waals surface area contributed by atoms with Crippen LogP contribution in [-0.4, -0.2) is 25.0 Å². The highest BCUT2D eigenvalue weighted by Gasteiger charge is 2.50. The Morgan fingerprint density at radius 1 is 0.537 bits per heavy atom. The zero-order chi connectivity index (χ0) is 37.6. The summed E-state index contributed by atoms with van der Waals surface area (Å²) in [6.45, 7) is 12.6. The van der Waals surface area contributed by atoms with Gasteiger partial charge in [0.2, 0.25) is 0 Å². The second-order valence-electron chi connectivity index (χ2n) is 16.2. The van der Waals surface area contributed by atoms with Gasteiger partial charge in [-0.15, -0.1) is 10.3 Å². The van der Waals surface area contributed by atoms with Crippen LogP contribution in [0.4, 0.5) is 0 Å². The summed E-state index contributed by atoms with van der Waals surface area (Å²) >= 11 is 0. The molecule has 3 aromatic heterocycles. The molecular formula is C48H52N5O. The summed E-state index contributed by atoms with van der Waals surface area (Å²) in [4.78, 5) is 18.6. The van der Waals surface area contributed by atoms with Gasteiger partial charge in [-0.1, -0.05) is 82.0 Å². The number of aryl methyl sites for hydroxylation is 2. The fourth-order valence-electron chi connectivity index (χ4n) is 8.82. The summed E-state index contributed by atoms with van der Waals surface area (Å²) in [6.07, 6.45) is 17.3. The van der Waals surface area contributed by atoms with Crippen molar-refractivity contribution in [3.8, 4) is 22.3 Å². The highest BCUT2D eigenvalue weighted by atomic mass is 16.5. The number of aromatic amines is 2. The molecule has 0 amide bonds. The van der Waals surface area contributed by atoms with Gasteiger partial charge in [0, 0.05) is 44.3 Å². The van der Waals surface area contributed by atoms with Gasteiger partial charge in [-0.25, -0.2) is 9.97 Å². The number of hydrogen-bond acceptors (Lipinski definition) is 3. The van der Waals surface area contributed by atoms with Crippen LogP contribution in [0.15, 0.2) is 72.8 Å². The first-order chi connectivity index (χ1) is 26.1. The van der Waals surface area contributed by atoms with Crippen LogP contribution in [0.3, 0.4) is 0 Å². The third-order valence-electron chi connectivity index (χ3n) is 11.7. The van der Waals surface area contributed by atoms with Crippen molar-refractivity contribution in [3.63, 3.8) is 0 Å². The van der Waals surface area contributed by atoms with Gasteiger partial charge >= 0.3 is 0 Å². The van der Waals surface area contributed by atoms with E-state index in [-0.39, 0.29) is 0 Å². The lowest BCUT2D eigenvalue weighted by molar-refractivity contribution is -0.266. The van der Waals surface area contributed by atoms with Crippen molar-refractivity contribution in [2.45, 2.75) is 104 Å². The van der Waals surface area contributed by atoms with Gasteiger partial charge in [0.05, 0.1) is 33.9 Å². The number of fused-ring (bicyclic) bond motifs is 9. The number of rotatable bonds is 10. The number of nitrogens with one attached hydrogen (secondary N) is 2. The average molecular weight is 715 g/mol. The van der Waals surface area contributed by atoms with E-state index < -0.39 is 11.1 Å². The molecule has 0 atom stereocenters. The Bertz CT molecular complexity index is 2330. The third kappa shape index (κ3) is 6.25. The molecule has 6 heterocycles. The van der Waals surface area contributed by atoms with Crippen LogP contribution in [-0.2, 0) is 29.1 Å². The monoisotopic (exact) mass is 714 g/mol. The van der Waals surface area contributed by atoms with E-state index in [2.05, 4.69) is 121 Å². The molecule has 6 nitrogen and oxygen atoms in total. The fraction of sp³-hybridized carbons (Fsp3) is 0.333. The summed E-state index contributed by atoms with van der Waals surface area (Å²) < 4.78 is 0. The molecule has 8 bridgehead atoms. The molecule has 1 radical (unpaired) electrons. The summed E-state index contributed by atoms with van der Waals surface area (Å²) in [5.74, 6) is 0. The predicted molar refractivity (Wildman–Crippen MR) is 225 cm³/mol. The number of aromatic nitrogens is 4. The summed E-state index contributed by atoms with van der Waals surface area (Å²) in [7, 11) is 0. The molecule has 0 unspecified atom stereocenters. The quantitative estimate of drug-likeness (QED) is 0.138. The minimum atomic E-state index is -0.659. The van der Waals surface area contributed by atoms with Gasteiger partial charge < -0.3 is 9.97 Å². The van der Waals surface area contributed by atoms with Crippen LogP contribution < -0.4 is 0 Å². The standard InChI is InChI=1S/C48H52N5O/c1-7-9-12-18-33-37-22-26-41(49-37)45(31-16-14-11-15-17-31)42-27-23-38(50-42)34(19-13-10-8-2)40-25-29-44(52-40)46(43-28-24-39(33)51-43)32-20-21-35-36(30-32)48(5,6)53(54)47(35,3)4/h11,14-17,20-30,51-52H,7-10,12-13,18-19H2,1-6H3. The topological polar surface area (TPSA) is 80.5 Å². The van der Waals surface area contributed by atoms with Crippen molar-refractivity contribution in [2.24, 2.45) is 0 Å². The molecule has 3 aliphatic rings. The van der Waals surface area contributed by atoms with E-state index in [0.717, 1.165) is 130 Å². The summed E-state index contributed by atoms with van der Waals surface area (Å²) in [6, 6.07) is 26.1. The van der Waals surface area contributed by atoms with Crippen LogP contribution >= 0.6 is 0 Å². The highest BCUT2D eigenvalue weighted by molar-refractivity contribution is 5.95. The zero-order valence-corrected chi connectivity index (χ0v) is 32.6. The highest BCUT2D eigenvalue weighted by Crippen LogP contribution is 2.49. The van der Waals surface area contributed by atoms with Gasteiger partial charge in [-0.2, -0.15) is 0 Å². The lowest BCUT2D eigenvalue weighted by Gasteiger charge is -2.32.